The van der Waals surface area contributed by atoms with E-state index in [1.165, 1.54) is 0 Å². The molecule has 0 unspecified atom stereocenters. The van der Waals surface area contributed by atoms with Crippen LogP contribution in [-0.2, 0) is 0 Å². The first-order valence-electron chi connectivity index (χ1n) is 4.61. The molecule has 0 bridgehead atoms. The molecule has 74 valence electrons. The summed E-state index contributed by atoms with van der Waals surface area (Å²) in [4.78, 5) is 9.63. The number of hydrogen-bond acceptors (Lipinski definition) is 2. The average Bonchev–Trinajstić information content (AvgIpc) is 2.31. The van der Waals surface area contributed by atoms with Gasteiger partial charge in [0, 0.05) is 25.5 Å². The maximum absolute atomic E-state index is 4.27. The van der Waals surface area contributed by atoms with E-state index in [4.69, 9.17) is 0 Å². The molecule has 0 aromatic carbocycles. The first-order valence-corrected chi connectivity index (χ1v) is 4.61. The lowest BCUT2D eigenvalue weighted by Gasteiger charge is -2.26. The number of imidazole rings is 1. The average molecular weight is 181 g/mol. The molecule has 0 amide bonds. The number of anilines is 1. The fourth-order valence-electron chi connectivity index (χ4n) is 1.38. The number of aryl methyl sites for hydroxylation is 1. The maximum atomic E-state index is 4.27. The van der Waals surface area contributed by atoms with Crippen LogP contribution in [0.5, 0.6) is 0 Å². The van der Waals surface area contributed by atoms with Gasteiger partial charge in [-0.25, -0.2) is 4.98 Å². The summed E-state index contributed by atoms with van der Waals surface area (Å²) in [5, 5.41) is 0. The van der Waals surface area contributed by atoms with Crippen LogP contribution in [0.25, 0.3) is 0 Å². The van der Waals surface area contributed by atoms with E-state index in [2.05, 4.69) is 42.7 Å². The predicted octanol–water partition coefficient (Wildman–Crippen LogP) is 2.20. The van der Waals surface area contributed by atoms with Crippen LogP contribution in [0.4, 0.5) is 5.95 Å². The monoisotopic (exact) mass is 181 g/mol. The van der Waals surface area contributed by atoms with E-state index in [0.29, 0.717) is 5.41 Å². The molecule has 1 N–H and O–H groups in total. The first-order chi connectivity index (χ1) is 5.88. The van der Waals surface area contributed by atoms with Crippen LogP contribution in [0.2, 0.25) is 0 Å². The fraction of sp³-hybridized carbons (Fsp3) is 0.700. The van der Waals surface area contributed by atoms with Crippen LogP contribution in [-0.4, -0.2) is 23.6 Å². The molecule has 3 heteroatoms. The van der Waals surface area contributed by atoms with Gasteiger partial charge in [0.1, 0.15) is 0 Å². The van der Waals surface area contributed by atoms with Gasteiger partial charge in [0.2, 0.25) is 5.95 Å². The minimum atomic E-state index is 0.301. The smallest absolute Gasteiger partial charge is 0.202 e. The Balaban J connectivity index is 2.64. The summed E-state index contributed by atoms with van der Waals surface area (Å²) in [7, 11) is 2.06. The van der Waals surface area contributed by atoms with E-state index in [9.17, 15) is 0 Å². The highest BCUT2D eigenvalue weighted by molar-refractivity contribution is 5.29. The van der Waals surface area contributed by atoms with E-state index >= 15 is 0 Å². The van der Waals surface area contributed by atoms with Gasteiger partial charge in [-0.15, -0.1) is 0 Å². The summed E-state index contributed by atoms with van der Waals surface area (Å²) in [6.07, 6.45) is 1.86. The van der Waals surface area contributed by atoms with Crippen molar-refractivity contribution in [3.8, 4) is 0 Å². The zero-order chi connectivity index (χ0) is 10.1. The van der Waals surface area contributed by atoms with E-state index in [1.54, 1.807) is 0 Å². The van der Waals surface area contributed by atoms with Crippen LogP contribution < -0.4 is 4.90 Å². The summed E-state index contributed by atoms with van der Waals surface area (Å²) in [5.74, 6) is 0.951. The van der Waals surface area contributed by atoms with Crippen molar-refractivity contribution < 1.29 is 0 Å². The van der Waals surface area contributed by atoms with Gasteiger partial charge in [-0.05, 0) is 12.3 Å². The Morgan fingerprint density at radius 2 is 2.08 bits per heavy atom. The van der Waals surface area contributed by atoms with Crippen molar-refractivity contribution in [3.05, 3.63) is 11.9 Å². The lowest BCUT2D eigenvalue weighted by molar-refractivity contribution is 0.417. The largest absolute Gasteiger partial charge is 0.345 e. The van der Waals surface area contributed by atoms with Crippen molar-refractivity contribution in [2.45, 2.75) is 27.7 Å². The van der Waals surface area contributed by atoms with Crippen molar-refractivity contribution in [2.24, 2.45) is 5.41 Å². The summed E-state index contributed by atoms with van der Waals surface area (Å²) in [5.41, 5.74) is 1.41. The number of nitrogens with one attached hydrogen (secondary N) is 1. The molecule has 0 fully saturated rings. The molecule has 0 spiro atoms. The molecule has 0 aliphatic carbocycles. The third-order valence-electron chi connectivity index (χ3n) is 1.76. The molecule has 1 heterocycles. The van der Waals surface area contributed by atoms with Crippen LogP contribution in [0.15, 0.2) is 6.20 Å². The number of aromatic nitrogens is 2. The molecule has 1 rings (SSSR count). The Morgan fingerprint density at radius 1 is 1.46 bits per heavy atom. The first kappa shape index (κ1) is 10.1. The van der Waals surface area contributed by atoms with Crippen LogP contribution in [0, 0.1) is 12.3 Å². The summed E-state index contributed by atoms with van der Waals surface area (Å²) < 4.78 is 0. The second-order valence-electron chi connectivity index (χ2n) is 4.81. The summed E-state index contributed by atoms with van der Waals surface area (Å²) in [6.45, 7) is 9.68. The van der Waals surface area contributed by atoms with Crippen molar-refractivity contribution in [1.82, 2.24) is 9.97 Å². The molecule has 3 nitrogen and oxygen atoms in total. The van der Waals surface area contributed by atoms with Gasteiger partial charge in [0.25, 0.3) is 0 Å². The second kappa shape index (κ2) is 3.40. The molecule has 0 atom stereocenters. The fourth-order valence-corrected chi connectivity index (χ4v) is 1.38. The number of hydrogen-bond donors (Lipinski definition) is 1. The predicted molar refractivity (Wildman–Crippen MR) is 56.0 cm³/mol. The standard InChI is InChI=1S/C10H19N3/c1-8-6-11-9(12-8)13(5)7-10(2,3)4/h6H,7H2,1-5H3,(H,11,12). The summed E-state index contributed by atoms with van der Waals surface area (Å²) in [6, 6.07) is 0. The highest BCUT2D eigenvalue weighted by Crippen LogP contribution is 2.17. The third-order valence-corrected chi connectivity index (χ3v) is 1.76. The number of aromatic amines is 1. The van der Waals surface area contributed by atoms with Gasteiger partial charge in [-0.3, -0.25) is 0 Å². The molecule has 0 aliphatic heterocycles. The highest BCUT2D eigenvalue weighted by atomic mass is 15.2. The zero-order valence-electron chi connectivity index (χ0n) is 9.18. The van der Waals surface area contributed by atoms with Gasteiger partial charge in [-0.2, -0.15) is 0 Å². The molecule has 1 aromatic rings. The van der Waals surface area contributed by atoms with E-state index in [-0.39, 0.29) is 0 Å². The van der Waals surface area contributed by atoms with Crippen molar-refractivity contribution in [3.63, 3.8) is 0 Å². The Labute approximate surface area is 80.2 Å². The van der Waals surface area contributed by atoms with E-state index < -0.39 is 0 Å². The maximum Gasteiger partial charge on any atom is 0.202 e. The lowest BCUT2D eigenvalue weighted by Crippen LogP contribution is -2.29. The molecule has 13 heavy (non-hydrogen) atoms. The van der Waals surface area contributed by atoms with Crippen LogP contribution >= 0.6 is 0 Å². The molecular formula is C10H19N3. The van der Waals surface area contributed by atoms with Gasteiger partial charge in [-0.1, -0.05) is 20.8 Å². The Bertz CT molecular complexity index is 270. The Morgan fingerprint density at radius 3 is 2.46 bits per heavy atom. The highest BCUT2D eigenvalue weighted by Gasteiger charge is 2.15. The minimum Gasteiger partial charge on any atom is -0.345 e. The van der Waals surface area contributed by atoms with Gasteiger partial charge >= 0.3 is 0 Å². The molecule has 0 aliphatic rings. The van der Waals surface area contributed by atoms with Gasteiger partial charge in [0.15, 0.2) is 0 Å². The zero-order valence-corrected chi connectivity index (χ0v) is 9.18. The quantitative estimate of drug-likeness (QED) is 0.758. The third kappa shape index (κ3) is 3.09. The van der Waals surface area contributed by atoms with Crippen molar-refractivity contribution in [1.29, 1.82) is 0 Å². The topological polar surface area (TPSA) is 31.9 Å². The van der Waals surface area contributed by atoms with Gasteiger partial charge in [0.05, 0.1) is 0 Å². The molecular weight excluding hydrogens is 162 g/mol. The number of H-pyrrole nitrogens is 1. The minimum absolute atomic E-state index is 0.301. The SMILES string of the molecule is Cc1cnc(N(C)CC(C)(C)C)[nH]1. The van der Waals surface area contributed by atoms with Crippen molar-refractivity contribution >= 4 is 5.95 Å². The van der Waals surface area contributed by atoms with Crippen molar-refractivity contribution in [2.75, 3.05) is 18.5 Å². The lowest BCUT2D eigenvalue weighted by atomic mass is 9.96. The Kier molecular flexibility index (Phi) is 2.64. The van der Waals surface area contributed by atoms with Crippen LogP contribution in [0.3, 0.4) is 0 Å². The van der Waals surface area contributed by atoms with E-state index in [1.807, 2.05) is 13.1 Å². The normalized spacial score (nSPS) is 11.8. The van der Waals surface area contributed by atoms with Crippen LogP contribution in [0.1, 0.15) is 26.5 Å². The Hall–Kier alpha value is -0.990. The molecule has 0 saturated heterocycles. The number of nitrogens with zero attached hydrogens (tertiary/aromatic N) is 2. The number of rotatable bonds is 2. The van der Waals surface area contributed by atoms with E-state index in [0.717, 1.165) is 18.2 Å². The molecule has 0 saturated carbocycles. The van der Waals surface area contributed by atoms with Gasteiger partial charge < -0.3 is 9.88 Å². The molecule has 0 radical (unpaired) electrons. The summed E-state index contributed by atoms with van der Waals surface area (Å²) >= 11 is 0. The second-order valence-corrected chi connectivity index (χ2v) is 4.81. The molecule has 1 aromatic heterocycles.